The van der Waals surface area contributed by atoms with Gasteiger partial charge in [-0.3, -0.25) is 0 Å². The third-order valence-electron chi connectivity index (χ3n) is 4.06. The molecule has 0 aliphatic carbocycles. The molecule has 0 fully saturated rings. The summed E-state index contributed by atoms with van der Waals surface area (Å²) in [4.78, 5) is 0. The van der Waals surface area contributed by atoms with Crippen molar-refractivity contribution < 1.29 is 33.2 Å². The molecule has 2 atom stereocenters. The van der Waals surface area contributed by atoms with Gasteiger partial charge in [-0.15, -0.1) is 0 Å². The zero-order chi connectivity index (χ0) is 23.2. The van der Waals surface area contributed by atoms with E-state index in [1.54, 1.807) is 0 Å². The summed E-state index contributed by atoms with van der Waals surface area (Å²) < 4.78 is 39.7. The van der Waals surface area contributed by atoms with E-state index in [0.717, 1.165) is 25.7 Å². The second-order valence-electron chi connectivity index (χ2n) is 6.48. The average molecular weight is 447 g/mol. The number of rotatable bonds is 22. The van der Waals surface area contributed by atoms with Gasteiger partial charge >= 0.3 is 0 Å². The van der Waals surface area contributed by atoms with Gasteiger partial charge in [0, 0.05) is 52.5 Å². The van der Waals surface area contributed by atoms with Crippen molar-refractivity contribution in [3.05, 3.63) is 24.3 Å². The van der Waals surface area contributed by atoms with Crippen LogP contribution in [0, 0.1) is 0 Å². The largest absolute Gasteiger partial charge is 0.353 e. The van der Waals surface area contributed by atoms with Crippen LogP contribution in [0.5, 0.6) is 0 Å². The lowest BCUT2D eigenvalue weighted by Crippen LogP contribution is -2.24. The lowest BCUT2D eigenvalue weighted by atomic mass is 10.2. The maximum absolute atomic E-state index is 5.99. The van der Waals surface area contributed by atoms with E-state index in [0.29, 0.717) is 39.6 Å². The lowest BCUT2D eigenvalue weighted by molar-refractivity contribution is -0.204. The molecule has 184 valence electrons. The van der Waals surface area contributed by atoms with Crippen LogP contribution in [0.1, 0.15) is 67.2 Å². The summed E-state index contributed by atoms with van der Waals surface area (Å²) in [7, 11) is 0. The van der Waals surface area contributed by atoms with Crippen molar-refractivity contribution >= 4 is 0 Å². The van der Waals surface area contributed by atoms with Gasteiger partial charge in [0.1, 0.15) is 0 Å². The van der Waals surface area contributed by atoms with Gasteiger partial charge < -0.3 is 33.2 Å². The number of ether oxygens (including phenoxy) is 7. The van der Waals surface area contributed by atoms with Crippen molar-refractivity contribution in [2.45, 2.75) is 92.4 Å². The molecule has 0 aliphatic rings. The molecule has 7 heteroatoms. The Morgan fingerprint density at radius 1 is 0.484 bits per heavy atom. The molecule has 0 saturated carbocycles. The quantitative estimate of drug-likeness (QED) is 0.167. The highest BCUT2D eigenvalue weighted by molar-refractivity contribution is 4.90. The van der Waals surface area contributed by atoms with Crippen LogP contribution in [0.15, 0.2) is 24.3 Å². The van der Waals surface area contributed by atoms with Gasteiger partial charge in [-0.2, -0.15) is 0 Å². The molecular weight excluding hydrogens is 400 g/mol. The summed E-state index contributed by atoms with van der Waals surface area (Å²) in [5.41, 5.74) is 0. The fraction of sp³-hybridized carbons (Fsp3) is 0.833. The number of hydrogen-bond donors (Lipinski definition) is 0. The third kappa shape index (κ3) is 17.4. The van der Waals surface area contributed by atoms with Crippen LogP contribution in [0.25, 0.3) is 0 Å². The molecular formula is C24H46O7. The highest BCUT2D eigenvalue weighted by atomic mass is 16.8. The SMILES string of the molecule is CCOC(C=CCCC(OCC)OCC)OC(C=CCCC(OCC)OCC)OCC. The van der Waals surface area contributed by atoms with Gasteiger partial charge in [0.05, 0.1) is 0 Å². The standard InChI is InChI=1S/C24H46O7/c1-7-25-21(26-8-2)17-13-15-19-23(29-11-5)31-24(30-12-6)20-16-14-18-22(27-9-3)28-10-4/h15-16,19-24H,7-14,17-18H2,1-6H3. The molecule has 0 aromatic carbocycles. The molecule has 0 N–H and O–H groups in total. The summed E-state index contributed by atoms with van der Waals surface area (Å²) >= 11 is 0. The predicted molar refractivity (Wildman–Crippen MR) is 123 cm³/mol. The van der Waals surface area contributed by atoms with Gasteiger partial charge in [0.25, 0.3) is 0 Å². The van der Waals surface area contributed by atoms with Crippen LogP contribution in [-0.2, 0) is 33.2 Å². The Kier molecular flexibility index (Phi) is 21.8. The Morgan fingerprint density at radius 3 is 1.10 bits per heavy atom. The van der Waals surface area contributed by atoms with Crippen molar-refractivity contribution in [2.24, 2.45) is 0 Å². The maximum atomic E-state index is 5.99. The third-order valence-corrected chi connectivity index (χ3v) is 4.06. The Morgan fingerprint density at radius 2 is 0.806 bits per heavy atom. The van der Waals surface area contributed by atoms with E-state index < -0.39 is 12.6 Å². The molecule has 31 heavy (non-hydrogen) atoms. The minimum atomic E-state index is -0.483. The van der Waals surface area contributed by atoms with Crippen LogP contribution in [0.4, 0.5) is 0 Å². The molecule has 0 aromatic rings. The summed E-state index contributed by atoms with van der Waals surface area (Å²) in [6, 6.07) is 0. The second kappa shape index (κ2) is 22.4. The molecule has 0 saturated heterocycles. The van der Waals surface area contributed by atoms with E-state index in [4.69, 9.17) is 33.2 Å². The van der Waals surface area contributed by atoms with Crippen molar-refractivity contribution in [3.8, 4) is 0 Å². The van der Waals surface area contributed by atoms with Gasteiger partial charge in [-0.25, -0.2) is 0 Å². The van der Waals surface area contributed by atoms with Crippen molar-refractivity contribution in [1.82, 2.24) is 0 Å². The monoisotopic (exact) mass is 446 g/mol. The van der Waals surface area contributed by atoms with Crippen LogP contribution in [0.2, 0.25) is 0 Å². The minimum Gasteiger partial charge on any atom is -0.353 e. The molecule has 0 aliphatic heterocycles. The molecule has 2 unspecified atom stereocenters. The molecule has 0 rings (SSSR count). The van der Waals surface area contributed by atoms with Crippen LogP contribution >= 0.6 is 0 Å². The summed E-state index contributed by atoms with van der Waals surface area (Å²) in [6.45, 7) is 15.4. The number of hydrogen-bond acceptors (Lipinski definition) is 7. The second-order valence-corrected chi connectivity index (χ2v) is 6.48. The molecule has 0 aromatic heterocycles. The highest BCUT2D eigenvalue weighted by Crippen LogP contribution is 2.11. The van der Waals surface area contributed by atoms with E-state index in [-0.39, 0.29) is 12.6 Å². The Hall–Kier alpha value is -0.800. The Bertz CT molecular complexity index is 378. The summed E-state index contributed by atoms with van der Waals surface area (Å²) in [5, 5.41) is 0. The molecule has 0 heterocycles. The summed E-state index contributed by atoms with van der Waals surface area (Å²) in [6.07, 6.45) is 9.76. The molecule has 0 radical (unpaired) electrons. The topological polar surface area (TPSA) is 64.6 Å². The molecule has 0 bridgehead atoms. The van der Waals surface area contributed by atoms with Crippen LogP contribution < -0.4 is 0 Å². The first-order valence-electron chi connectivity index (χ1n) is 11.8. The van der Waals surface area contributed by atoms with E-state index in [1.165, 1.54) is 0 Å². The molecule has 0 spiro atoms. The molecule has 0 amide bonds. The zero-order valence-corrected chi connectivity index (χ0v) is 20.5. The van der Waals surface area contributed by atoms with Crippen LogP contribution in [-0.4, -0.2) is 64.8 Å². The van der Waals surface area contributed by atoms with Gasteiger partial charge in [-0.05, 0) is 66.5 Å². The zero-order valence-electron chi connectivity index (χ0n) is 20.5. The first-order valence-corrected chi connectivity index (χ1v) is 11.8. The smallest absolute Gasteiger partial charge is 0.180 e. The first-order chi connectivity index (χ1) is 15.1. The fourth-order valence-electron chi connectivity index (χ4n) is 2.79. The Labute approximate surface area is 190 Å². The summed E-state index contributed by atoms with van der Waals surface area (Å²) in [5.74, 6) is 0. The van der Waals surface area contributed by atoms with Gasteiger partial charge in [0.15, 0.2) is 25.2 Å². The average Bonchev–Trinajstić information content (AvgIpc) is 2.74. The maximum Gasteiger partial charge on any atom is 0.180 e. The molecule has 7 nitrogen and oxygen atoms in total. The fourth-order valence-corrected chi connectivity index (χ4v) is 2.79. The van der Waals surface area contributed by atoms with E-state index in [1.807, 2.05) is 65.8 Å². The minimum absolute atomic E-state index is 0.178. The Balaban J connectivity index is 4.64. The number of allylic oxidation sites excluding steroid dienone is 2. The van der Waals surface area contributed by atoms with E-state index in [2.05, 4.69) is 0 Å². The first kappa shape index (κ1) is 30.2. The van der Waals surface area contributed by atoms with Crippen molar-refractivity contribution in [1.29, 1.82) is 0 Å². The predicted octanol–water partition coefficient (Wildman–Crippen LogP) is 5.20. The van der Waals surface area contributed by atoms with E-state index in [9.17, 15) is 0 Å². The van der Waals surface area contributed by atoms with Gasteiger partial charge in [-0.1, -0.05) is 12.2 Å². The normalized spacial score (nSPS) is 14.5. The van der Waals surface area contributed by atoms with Crippen molar-refractivity contribution in [3.63, 3.8) is 0 Å². The lowest BCUT2D eigenvalue weighted by Gasteiger charge is -2.21. The van der Waals surface area contributed by atoms with E-state index >= 15 is 0 Å². The van der Waals surface area contributed by atoms with Crippen LogP contribution in [0.3, 0.4) is 0 Å². The highest BCUT2D eigenvalue weighted by Gasteiger charge is 2.13. The van der Waals surface area contributed by atoms with Gasteiger partial charge in [0.2, 0.25) is 0 Å². The van der Waals surface area contributed by atoms with Crippen molar-refractivity contribution in [2.75, 3.05) is 39.6 Å².